The number of fused-ring (bicyclic) bond motifs is 1. The van der Waals surface area contributed by atoms with Crippen molar-refractivity contribution in [2.45, 2.75) is 43.9 Å². The molecule has 1 aromatic heterocycles. The second-order valence-corrected chi connectivity index (χ2v) is 8.31. The highest BCUT2D eigenvalue weighted by atomic mass is 16.5. The molecule has 3 aromatic rings. The van der Waals surface area contributed by atoms with Crippen LogP contribution in [0.5, 0.6) is 5.75 Å². The van der Waals surface area contributed by atoms with Gasteiger partial charge in [-0.1, -0.05) is 18.2 Å². The first-order chi connectivity index (χ1) is 15.8. The SMILES string of the molecule is Cc1cc(O)c(C(=O)C=Cc2ccc3occc3c2)c(CC2OC(CO)C(O)C(O)C2O)c1. The van der Waals surface area contributed by atoms with Gasteiger partial charge in [-0.05, 0) is 54.0 Å². The Morgan fingerprint density at radius 3 is 2.55 bits per heavy atom. The van der Waals surface area contributed by atoms with Crippen molar-refractivity contribution in [3.8, 4) is 5.75 Å². The lowest BCUT2D eigenvalue weighted by molar-refractivity contribution is -0.228. The lowest BCUT2D eigenvalue weighted by Gasteiger charge is -2.40. The molecular formula is C25H26O8. The third-order valence-electron chi connectivity index (χ3n) is 5.91. The Balaban J connectivity index is 1.61. The van der Waals surface area contributed by atoms with Crippen LogP contribution in [0.2, 0.25) is 0 Å². The molecule has 5 unspecified atom stereocenters. The Morgan fingerprint density at radius 2 is 1.79 bits per heavy atom. The van der Waals surface area contributed by atoms with Gasteiger partial charge >= 0.3 is 0 Å². The maximum absolute atomic E-state index is 13.0. The fourth-order valence-corrected chi connectivity index (χ4v) is 4.19. The number of ether oxygens (including phenoxy) is 1. The molecule has 0 spiro atoms. The van der Waals surface area contributed by atoms with E-state index in [1.54, 1.807) is 37.5 Å². The molecule has 174 valence electrons. The summed E-state index contributed by atoms with van der Waals surface area (Å²) in [7, 11) is 0. The molecule has 8 heteroatoms. The van der Waals surface area contributed by atoms with E-state index in [4.69, 9.17) is 9.15 Å². The molecule has 2 aromatic carbocycles. The number of hydrogen-bond acceptors (Lipinski definition) is 8. The summed E-state index contributed by atoms with van der Waals surface area (Å²) in [6, 6.07) is 10.5. The minimum atomic E-state index is -1.52. The lowest BCUT2D eigenvalue weighted by Crippen LogP contribution is -2.59. The van der Waals surface area contributed by atoms with E-state index in [9.17, 15) is 30.3 Å². The van der Waals surface area contributed by atoms with E-state index in [1.807, 2.05) is 12.1 Å². The number of furan rings is 1. The van der Waals surface area contributed by atoms with Crippen LogP contribution in [-0.2, 0) is 11.2 Å². The summed E-state index contributed by atoms with van der Waals surface area (Å²) in [6.07, 6.45) is -1.94. The van der Waals surface area contributed by atoms with Crippen LogP contribution in [0.25, 0.3) is 17.0 Å². The zero-order valence-electron chi connectivity index (χ0n) is 18.0. The minimum Gasteiger partial charge on any atom is -0.507 e. The van der Waals surface area contributed by atoms with E-state index < -0.39 is 42.9 Å². The molecule has 0 saturated carbocycles. The van der Waals surface area contributed by atoms with Gasteiger partial charge in [0.25, 0.3) is 0 Å². The van der Waals surface area contributed by atoms with Gasteiger partial charge in [-0.25, -0.2) is 0 Å². The van der Waals surface area contributed by atoms with Crippen LogP contribution < -0.4 is 0 Å². The molecule has 0 radical (unpaired) electrons. The summed E-state index contributed by atoms with van der Waals surface area (Å²) in [5.41, 5.74) is 2.67. The Kier molecular flexibility index (Phi) is 6.64. The summed E-state index contributed by atoms with van der Waals surface area (Å²) in [6.45, 7) is 1.21. The standard InChI is InChI=1S/C25H26O8/c1-13-8-16(11-20-23(29)25(31)24(30)21(12-26)33-20)22(18(28)9-13)17(27)4-2-14-3-5-19-15(10-14)6-7-32-19/h2-10,20-21,23-26,28-31H,11-12H2,1H3. The quantitative estimate of drug-likeness (QED) is 0.280. The number of ketones is 1. The molecular weight excluding hydrogens is 428 g/mol. The third kappa shape index (κ3) is 4.71. The number of carbonyl (C=O) groups excluding carboxylic acids is 1. The third-order valence-corrected chi connectivity index (χ3v) is 5.91. The van der Waals surface area contributed by atoms with Crippen LogP contribution >= 0.6 is 0 Å². The second-order valence-electron chi connectivity index (χ2n) is 8.31. The number of rotatable bonds is 6. The highest BCUT2D eigenvalue weighted by Gasteiger charge is 2.43. The first-order valence-electron chi connectivity index (χ1n) is 10.6. The van der Waals surface area contributed by atoms with Crippen LogP contribution in [0.4, 0.5) is 0 Å². The van der Waals surface area contributed by atoms with Crippen LogP contribution in [-0.4, -0.2) is 68.4 Å². The number of carbonyl (C=O) groups is 1. The van der Waals surface area contributed by atoms with Gasteiger partial charge in [-0.2, -0.15) is 0 Å². The lowest BCUT2D eigenvalue weighted by atomic mass is 9.88. The van der Waals surface area contributed by atoms with Crippen molar-refractivity contribution in [1.29, 1.82) is 0 Å². The fraction of sp³-hybridized carbons (Fsp3) is 0.320. The summed E-state index contributed by atoms with van der Waals surface area (Å²) in [4.78, 5) is 13.0. The average molecular weight is 454 g/mol. The predicted octanol–water partition coefficient (Wildman–Crippen LogP) is 1.73. The molecule has 0 aliphatic carbocycles. The van der Waals surface area contributed by atoms with E-state index in [-0.39, 0.29) is 17.7 Å². The summed E-state index contributed by atoms with van der Waals surface area (Å²) >= 11 is 0. The molecule has 2 heterocycles. The molecule has 1 aliphatic rings. The molecule has 8 nitrogen and oxygen atoms in total. The van der Waals surface area contributed by atoms with Gasteiger partial charge < -0.3 is 34.7 Å². The molecule has 1 saturated heterocycles. The van der Waals surface area contributed by atoms with Crippen molar-refractivity contribution < 1.29 is 39.5 Å². The number of aliphatic hydroxyl groups excluding tert-OH is 4. The zero-order valence-corrected chi connectivity index (χ0v) is 18.0. The fourth-order valence-electron chi connectivity index (χ4n) is 4.19. The van der Waals surface area contributed by atoms with Crippen molar-refractivity contribution in [3.63, 3.8) is 0 Å². The van der Waals surface area contributed by atoms with Gasteiger partial charge in [0.15, 0.2) is 5.78 Å². The van der Waals surface area contributed by atoms with E-state index >= 15 is 0 Å². The molecule has 0 amide bonds. The molecule has 1 fully saturated rings. The number of aryl methyl sites for hydroxylation is 1. The van der Waals surface area contributed by atoms with Crippen molar-refractivity contribution in [2.24, 2.45) is 0 Å². The molecule has 0 bridgehead atoms. The van der Waals surface area contributed by atoms with Gasteiger partial charge in [0.05, 0.1) is 24.5 Å². The number of benzene rings is 2. The number of aromatic hydroxyl groups is 1. The number of phenolic OH excluding ortho intramolecular Hbond substituents is 1. The summed E-state index contributed by atoms with van der Waals surface area (Å²) < 4.78 is 10.9. The van der Waals surface area contributed by atoms with Gasteiger partial charge in [0, 0.05) is 11.8 Å². The smallest absolute Gasteiger partial charge is 0.189 e. The first kappa shape index (κ1) is 23.2. The van der Waals surface area contributed by atoms with Gasteiger partial charge in [-0.3, -0.25) is 4.79 Å². The van der Waals surface area contributed by atoms with E-state index in [1.165, 1.54) is 12.1 Å². The number of aliphatic hydroxyl groups is 4. The number of phenols is 1. The van der Waals surface area contributed by atoms with Crippen LogP contribution in [0, 0.1) is 6.92 Å². The molecule has 5 atom stereocenters. The summed E-state index contributed by atoms with van der Waals surface area (Å²) in [5, 5.41) is 51.3. The minimum absolute atomic E-state index is 0.0213. The maximum atomic E-state index is 13.0. The Hall–Kier alpha value is -3.01. The molecule has 5 N–H and O–H groups in total. The average Bonchev–Trinajstić information content (AvgIpc) is 3.25. The molecule has 33 heavy (non-hydrogen) atoms. The molecule has 4 rings (SSSR count). The van der Waals surface area contributed by atoms with E-state index in [2.05, 4.69) is 0 Å². The maximum Gasteiger partial charge on any atom is 0.189 e. The monoisotopic (exact) mass is 454 g/mol. The highest BCUT2D eigenvalue weighted by Crippen LogP contribution is 2.30. The van der Waals surface area contributed by atoms with Crippen LogP contribution in [0.1, 0.15) is 27.0 Å². The summed E-state index contributed by atoms with van der Waals surface area (Å²) in [5.74, 6) is -0.658. The van der Waals surface area contributed by atoms with Crippen molar-refractivity contribution in [3.05, 3.63) is 71.0 Å². The first-order valence-corrected chi connectivity index (χ1v) is 10.6. The normalized spacial score (nSPS) is 25.7. The Labute approximate surface area is 190 Å². The molecule has 1 aliphatic heterocycles. The number of allylic oxidation sites excluding steroid dienone is 1. The van der Waals surface area contributed by atoms with Gasteiger partial charge in [0.2, 0.25) is 0 Å². The van der Waals surface area contributed by atoms with Crippen LogP contribution in [0.3, 0.4) is 0 Å². The largest absolute Gasteiger partial charge is 0.507 e. The Bertz CT molecular complexity index is 1180. The van der Waals surface area contributed by atoms with Crippen LogP contribution in [0.15, 0.2) is 53.2 Å². The van der Waals surface area contributed by atoms with Crippen molar-refractivity contribution in [1.82, 2.24) is 0 Å². The van der Waals surface area contributed by atoms with Crippen molar-refractivity contribution >= 4 is 22.8 Å². The predicted molar refractivity (Wildman–Crippen MR) is 120 cm³/mol. The second kappa shape index (κ2) is 9.46. The zero-order chi connectivity index (χ0) is 23.7. The number of hydrogen-bond donors (Lipinski definition) is 5. The highest BCUT2D eigenvalue weighted by molar-refractivity contribution is 6.09. The Morgan fingerprint density at radius 1 is 1.03 bits per heavy atom. The topological polar surface area (TPSA) is 141 Å². The van der Waals surface area contributed by atoms with E-state index in [0.29, 0.717) is 11.1 Å². The van der Waals surface area contributed by atoms with Crippen molar-refractivity contribution in [2.75, 3.05) is 6.61 Å². The van der Waals surface area contributed by atoms with Gasteiger partial charge in [-0.15, -0.1) is 0 Å². The van der Waals surface area contributed by atoms with Gasteiger partial charge in [0.1, 0.15) is 35.7 Å². The van der Waals surface area contributed by atoms with E-state index in [0.717, 1.165) is 16.5 Å².